The molecule has 2 unspecified atom stereocenters. The second kappa shape index (κ2) is 9.51. The molecular weight excluding hydrogens is 322 g/mol. The lowest BCUT2D eigenvalue weighted by Gasteiger charge is -2.25. The summed E-state index contributed by atoms with van der Waals surface area (Å²) in [4.78, 5) is 11.2. The van der Waals surface area contributed by atoms with Crippen molar-refractivity contribution in [3.8, 4) is 17.2 Å². The third kappa shape index (κ3) is 5.53. The molecule has 0 spiro atoms. The molecule has 0 aliphatic heterocycles. The Morgan fingerprint density at radius 2 is 1.84 bits per heavy atom. The van der Waals surface area contributed by atoms with Gasteiger partial charge in [0.05, 0.1) is 21.3 Å². The third-order valence-electron chi connectivity index (χ3n) is 4.62. The molecule has 1 aromatic carbocycles. The number of ether oxygens (including phenoxy) is 3. The second-order valence-corrected chi connectivity index (χ2v) is 6.59. The molecule has 0 saturated carbocycles. The summed E-state index contributed by atoms with van der Waals surface area (Å²) in [6, 6.07) is 3.85. The Hall–Kier alpha value is -1.95. The van der Waals surface area contributed by atoms with Crippen LogP contribution >= 0.6 is 0 Å². The number of rotatable bonds is 11. The Bertz CT molecular complexity index is 571. The monoisotopic (exact) mass is 353 g/mol. The fraction of sp³-hybridized carbons (Fsp3) is 0.632. The summed E-state index contributed by atoms with van der Waals surface area (Å²) in [5.41, 5.74) is 5.75. The highest BCUT2D eigenvalue weighted by Crippen LogP contribution is 2.40. The van der Waals surface area contributed by atoms with E-state index in [2.05, 4.69) is 6.92 Å². The maximum atomic E-state index is 11.2. The Morgan fingerprint density at radius 3 is 2.32 bits per heavy atom. The lowest BCUT2D eigenvalue weighted by atomic mass is 9.85. The van der Waals surface area contributed by atoms with E-state index in [0.29, 0.717) is 23.7 Å². The number of carboxylic acids is 1. The van der Waals surface area contributed by atoms with Gasteiger partial charge in [-0.25, -0.2) is 0 Å². The fourth-order valence-corrected chi connectivity index (χ4v) is 3.08. The summed E-state index contributed by atoms with van der Waals surface area (Å²) < 4.78 is 16.2. The molecular formula is C19H31NO5. The van der Waals surface area contributed by atoms with E-state index in [1.54, 1.807) is 28.3 Å². The molecule has 6 nitrogen and oxygen atoms in total. The smallest absolute Gasteiger partial charge is 0.323 e. The Balaban J connectivity index is 2.76. The number of benzene rings is 1. The van der Waals surface area contributed by atoms with Crippen molar-refractivity contribution >= 4 is 5.97 Å². The molecule has 25 heavy (non-hydrogen) atoms. The van der Waals surface area contributed by atoms with Crippen molar-refractivity contribution in [2.75, 3.05) is 21.3 Å². The van der Waals surface area contributed by atoms with Crippen LogP contribution in [0.3, 0.4) is 0 Å². The van der Waals surface area contributed by atoms with E-state index >= 15 is 0 Å². The molecule has 0 amide bonds. The van der Waals surface area contributed by atoms with E-state index in [1.165, 1.54) is 0 Å². The van der Waals surface area contributed by atoms with Gasteiger partial charge in [-0.1, -0.05) is 25.8 Å². The quantitative estimate of drug-likeness (QED) is 0.634. The van der Waals surface area contributed by atoms with Crippen molar-refractivity contribution < 1.29 is 24.1 Å². The first-order valence-corrected chi connectivity index (χ1v) is 8.60. The van der Waals surface area contributed by atoms with E-state index < -0.39 is 11.5 Å². The number of methoxy groups -OCH3 is 3. The van der Waals surface area contributed by atoms with Crippen molar-refractivity contribution in [3.63, 3.8) is 0 Å². The maximum Gasteiger partial charge on any atom is 0.323 e. The fourth-order valence-electron chi connectivity index (χ4n) is 3.08. The summed E-state index contributed by atoms with van der Waals surface area (Å²) in [5, 5.41) is 9.20. The van der Waals surface area contributed by atoms with Crippen molar-refractivity contribution in [2.45, 2.75) is 51.5 Å². The predicted molar refractivity (Wildman–Crippen MR) is 97.7 cm³/mol. The Morgan fingerprint density at radius 1 is 1.20 bits per heavy atom. The van der Waals surface area contributed by atoms with Crippen LogP contribution in [0, 0.1) is 5.92 Å². The molecule has 142 valence electrons. The van der Waals surface area contributed by atoms with Gasteiger partial charge in [-0.2, -0.15) is 0 Å². The van der Waals surface area contributed by atoms with Crippen LogP contribution in [-0.4, -0.2) is 37.9 Å². The molecule has 0 fully saturated rings. The normalized spacial score (nSPS) is 14.5. The van der Waals surface area contributed by atoms with Gasteiger partial charge in [0.2, 0.25) is 5.75 Å². The molecule has 2 atom stereocenters. The molecule has 0 saturated heterocycles. The molecule has 0 aliphatic rings. The molecule has 0 aromatic heterocycles. The number of aryl methyl sites for hydroxylation is 1. The molecule has 0 heterocycles. The van der Waals surface area contributed by atoms with Crippen molar-refractivity contribution in [1.29, 1.82) is 0 Å². The predicted octanol–water partition coefficient (Wildman–Crippen LogP) is 3.25. The summed E-state index contributed by atoms with van der Waals surface area (Å²) in [7, 11) is 4.79. The van der Waals surface area contributed by atoms with Crippen LogP contribution in [0.25, 0.3) is 0 Å². The van der Waals surface area contributed by atoms with E-state index in [1.807, 2.05) is 12.1 Å². The summed E-state index contributed by atoms with van der Waals surface area (Å²) in [6.07, 6.45) is 4.02. The van der Waals surface area contributed by atoms with Crippen LogP contribution in [0.2, 0.25) is 0 Å². The largest absolute Gasteiger partial charge is 0.493 e. The van der Waals surface area contributed by atoms with Gasteiger partial charge in [0.15, 0.2) is 11.5 Å². The summed E-state index contributed by atoms with van der Waals surface area (Å²) >= 11 is 0. The highest BCUT2D eigenvalue weighted by molar-refractivity contribution is 5.77. The second-order valence-electron chi connectivity index (χ2n) is 6.59. The number of carboxylic acid groups (broad SMARTS) is 1. The summed E-state index contributed by atoms with van der Waals surface area (Å²) in [5.74, 6) is 1.23. The van der Waals surface area contributed by atoms with E-state index in [9.17, 15) is 9.90 Å². The molecule has 1 aromatic rings. The van der Waals surface area contributed by atoms with E-state index in [-0.39, 0.29) is 5.92 Å². The van der Waals surface area contributed by atoms with E-state index in [4.69, 9.17) is 19.9 Å². The van der Waals surface area contributed by atoms with Crippen molar-refractivity contribution in [3.05, 3.63) is 17.7 Å². The van der Waals surface area contributed by atoms with Crippen molar-refractivity contribution in [1.82, 2.24) is 0 Å². The lowest BCUT2D eigenvalue weighted by Crippen LogP contribution is -2.46. The van der Waals surface area contributed by atoms with Crippen LogP contribution in [0.5, 0.6) is 17.2 Å². The van der Waals surface area contributed by atoms with Gasteiger partial charge >= 0.3 is 5.97 Å². The zero-order chi connectivity index (χ0) is 19.0. The van der Waals surface area contributed by atoms with Gasteiger partial charge in [-0.15, -0.1) is 0 Å². The van der Waals surface area contributed by atoms with Gasteiger partial charge in [0.1, 0.15) is 5.54 Å². The van der Waals surface area contributed by atoms with Gasteiger partial charge in [0, 0.05) is 0 Å². The number of aliphatic carboxylic acids is 1. The first-order chi connectivity index (χ1) is 11.8. The third-order valence-corrected chi connectivity index (χ3v) is 4.62. The first kappa shape index (κ1) is 21.1. The molecule has 1 rings (SSSR count). The molecule has 0 radical (unpaired) electrons. The highest BCUT2D eigenvalue weighted by Gasteiger charge is 2.30. The molecule has 6 heteroatoms. The number of hydrogen-bond acceptors (Lipinski definition) is 5. The lowest BCUT2D eigenvalue weighted by molar-refractivity contribution is -0.143. The standard InChI is InChI=1S/C19H31NO5/c1-6-13(12-19(2,20)18(21)22)8-7-9-14-10-11-15(23-3)17(25-5)16(14)24-4/h10-11,13H,6-9,12,20H2,1-5H3,(H,21,22). The van der Waals surface area contributed by atoms with Crippen LogP contribution < -0.4 is 19.9 Å². The van der Waals surface area contributed by atoms with Gasteiger partial charge in [-0.05, 0) is 43.7 Å². The molecule has 0 bridgehead atoms. The Labute approximate surface area is 150 Å². The zero-order valence-electron chi connectivity index (χ0n) is 15.9. The van der Waals surface area contributed by atoms with Crippen LogP contribution in [-0.2, 0) is 11.2 Å². The number of carbonyl (C=O) groups is 1. The minimum absolute atomic E-state index is 0.275. The van der Waals surface area contributed by atoms with Crippen molar-refractivity contribution in [2.24, 2.45) is 11.7 Å². The highest BCUT2D eigenvalue weighted by atomic mass is 16.5. The SMILES string of the molecule is CCC(CCCc1ccc(OC)c(OC)c1OC)CC(C)(N)C(=O)O. The minimum Gasteiger partial charge on any atom is -0.493 e. The van der Waals surface area contributed by atoms with E-state index in [0.717, 1.165) is 31.2 Å². The Kier molecular flexibility index (Phi) is 8.03. The first-order valence-electron chi connectivity index (χ1n) is 8.60. The average Bonchev–Trinajstić information content (AvgIpc) is 2.59. The number of hydrogen-bond donors (Lipinski definition) is 2. The maximum absolute atomic E-state index is 11.2. The topological polar surface area (TPSA) is 91.0 Å². The van der Waals surface area contributed by atoms with Crippen LogP contribution in [0.4, 0.5) is 0 Å². The minimum atomic E-state index is -1.18. The molecule has 0 aliphatic carbocycles. The van der Waals surface area contributed by atoms with Crippen LogP contribution in [0.15, 0.2) is 12.1 Å². The van der Waals surface area contributed by atoms with Crippen LogP contribution in [0.1, 0.15) is 45.1 Å². The van der Waals surface area contributed by atoms with Gasteiger partial charge < -0.3 is 25.1 Å². The zero-order valence-corrected chi connectivity index (χ0v) is 15.9. The average molecular weight is 353 g/mol. The van der Waals surface area contributed by atoms with Gasteiger partial charge in [-0.3, -0.25) is 4.79 Å². The van der Waals surface area contributed by atoms with Gasteiger partial charge in [0.25, 0.3) is 0 Å². The summed E-state index contributed by atoms with van der Waals surface area (Å²) in [6.45, 7) is 3.65. The number of nitrogens with two attached hydrogens (primary N) is 1. The molecule has 3 N–H and O–H groups in total.